The number of benzene rings is 1. The number of hydrogen-bond acceptors (Lipinski definition) is 4. The van der Waals surface area contributed by atoms with Crippen LogP contribution >= 0.6 is 11.6 Å². The van der Waals surface area contributed by atoms with Gasteiger partial charge in [0.1, 0.15) is 0 Å². The fourth-order valence-electron chi connectivity index (χ4n) is 3.19. The van der Waals surface area contributed by atoms with E-state index in [1.807, 2.05) is 0 Å². The Morgan fingerprint density at radius 2 is 1.93 bits per heavy atom. The van der Waals surface area contributed by atoms with E-state index in [0.717, 1.165) is 51.0 Å². The van der Waals surface area contributed by atoms with Gasteiger partial charge in [0.05, 0.1) is 15.5 Å². The first-order chi connectivity index (χ1) is 13.5. The molecule has 0 aromatic heterocycles. The molecule has 1 aromatic carbocycles. The lowest BCUT2D eigenvalue weighted by Crippen LogP contribution is -2.45. The van der Waals surface area contributed by atoms with Crippen molar-refractivity contribution >= 4 is 27.5 Å². The maximum atomic E-state index is 12.9. The fourth-order valence-corrected chi connectivity index (χ4v) is 4.47. The molecule has 1 saturated heterocycles. The van der Waals surface area contributed by atoms with E-state index in [4.69, 9.17) is 11.6 Å². The molecule has 0 bridgehead atoms. The Morgan fingerprint density at radius 1 is 1.28 bits per heavy atom. The summed E-state index contributed by atoms with van der Waals surface area (Å²) in [6.07, 6.45) is -2.12. The van der Waals surface area contributed by atoms with Crippen LogP contribution in [0, 0.1) is 0 Å². The summed E-state index contributed by atoms with van der Waals surface area (Å²) >= 11 is 5.50. The molecule has 0 atom stereocenters. The Labute approximate surface area is 173 Å². The van der Waals surface area contributed by atoms with Gasteiger partial charge in [-0.1, -0.05) is 18.5 Å². The number of sulfonamides is 1. The number of alkyl halides is 3. The van der Waals surface area contributed by atoms with Gasteiger partial charge in [0.15, 0.2) is 0 Å². The molecule has 1 amide bonds. The first-order valence-electron chi connectivity index (χ1n) is 9.41. The number of carbonyl (C=O) groups is 1. The van der Waals surface area contributed by atoms with Crippen molar-refractivity contribution in [2.24, 2.45) is 0 Å². The van der Waals surface area contributed by atoms with Gasteiger partial charge >= 0.3 is 6.18 Å². The molecule has 0 saturated carbocycles. The molecule has 0 unspecified atom stereocenters. The van der Waals surface area contributed by atoms with Crippen LogP contribution in [0.3, 0.4) is 0 Å². The van der Waals surface area contributed by atoms with Crippen LogP contribution in [-0.4, -0.2) is 51.4 Å². The summed E-state index contributed by atoms with van der Waals surface area (Å²) in [5.41, 5.74) is -1.23. The molecular formula is C18H25ClF3N3O3S. The second kappa shape index (κ2) is 10.1. The number of likely N-dealkylation sites (tertiary alicyclic amines) is 1. The van der Waals surface area contributed by atoms with E-state index in [-0.39, 0.29) is 24.9 Å². The Morgan fingerprint density at radius 3 is 2.52 bits per heavy atom. The minimum absolute atomic E-state index is 0.0535. The van der Waals surface area contributed by atoms with Crippen LogP contribution < -0.4 is 10.0 Å². The van der Waals surface area contributed by atoms with Crippen LogP contribution in [-0.2, 0) is 21.0 Å². The molecule has 1 aliphatic rings. The molecule has 1 heterocycles. The Balaban J connectivity index is 1.84. The molecule has 1 aromatic rings. The number of hydrogen-bond donors (Lipinski definition) is 2. The number of carbonyl (C=O) groups excluding carboxylic acids is 1. The van der Waals surface area contributed by atoms with E-state index in [1.165, 1.54) is 0 Å². The molecule has 6 nitrogen and oxygen atoms in total. The van der Waals surface area contributed by atoms with Gasteiger partial charge in [-0.2, -0.15) is 13.2 Å². The third-order valence-electron chi connectivity index (χ3n) is 4.69. The molecule has 1 aliphatic heterocycles. The third-order valence-corrected chi connectivity index (χ3v) is 6.48. The topological polar surface area (TPSA) is 78.5 Å². The van der Waals surface area contributed by atoms with Gasteiger partial charge in [-0.25, -0.2) is 13.1 Å². The van der Waals surface area contributed by atoms with Crippen molar-refractivity contribution in [3.8, 4) is 0 Å². The zero-order valence-electron chi connectivity index (χ0n) is 16.1. The maximum absolute atomic E-state index is 12.9. The number of amides is 1. The summed E-state index contributed by atoms with van der Waals surface area (Å²) in [6, 6.07) is 2.41. The quantitative estimate of drug-likeness (QED) is 0.631. The highest BCUT2D eigenvalue weighted by molar-refractivity contribution is 7.89. The smallest absolute Gasteiger partial charge is 0.353 e. The van der Waals surface area contributed by atoms with Gasteiger partial charge in [-0.15, -0.1) is 0 Å². The monoisotopic (exact) mass is 455 g/mol. The largest absolute Gasteiger partial charge is 0.417 e. The van der Waals surface area contributed by atoms with Gasteiger partial charge in [0.25, 0.3) is 0 Å². The van der Waals surface area contributed by atoms with Gasteiger partial charge in [0, 0.05) is 32.1 Å². The average Bonchev–Trinajstić information content (AvgIpc) is 2.62. The van der Waals surface area contributed by atoms with Crippen molar-refractivity contribution in [3.05, 3.63) is 28.8 Å². The predicted octanol–water partition coefficient (Wildman–Crippen LogP) is 3.02. The summed E-state index contributed by atoms with van der Waals surface area (Å²) < 4.78 is 65.4. The maximum Gasteiger partial charge on any atom is 0.417 e. The number of nitrogens with one attached hydrogen (secondary N) is 2. The van der Waals surface area contributed by atoms with Crippen molar-refractivity contribution < 1.29 is 26.4 Å². The third kappa shape index (κ3) is 7.13. The first-order valence-corrected chi connectivity index (χ1v) is 11.3. The number of nitrogens with zero attached hydrogens (tertiary/aromatic N) is 1. The zero-order chi connectivity index (χ0) is 21.7. The number of piperidine rings is 1. The minimum atomic E-state index is -4.77. The zero-order valence-corrected chi connectivity index (χ0v) is 17.6. The van der Waals surface area contributed by atoms with E-state index in [9.17, 15) is 26.4 Å². The Hall–Kier alpha value is -1.36. The van der Waals surface area contributed by atoms with E-state index >= 15 is 0 Å². The summed E-state index contributed by atoms with van der Waals surface area (Å²) in [5.74, 6) is -0.297. The van der Waals surface area contributed by atoms with Crippen molar-refractivity contribution in [2.75, 3.05) is 26.2 Å². The van der Waals surface area contributed by atoms with Gasteiger partial charge in [-0.3, -0.25) is 4.79 Å². The summed E-state index contributed by atoms with van der Waals surface area (Å²) in [5, 5.41) is 2.29. The summed E-state index contributed by atoms with van der Waals surface area (Å²) in [4.78, 5) is 13.8. The minimum Gasteiger partial charge on any atom is -0.353 e. The van der Waals surface area contributed by atoms with Crippen LogP contribution in [0.4, 0.5) is 13.2 Å². The standard InChI is InChI=1S/C18H25ClF3N3O3S/c1-2-9-25-10-6-13(7-11-25)24-17(26)5-8-23-29(27,28)14-3-4-16(19)15(12-14)18(20,21)22/h3-4,12-13,23H,2,5-11H2,1H3,(H,24,26). The van der Waals surface area contributed by atoms with Crippen molar-refractivity contribution in [1.82, 2.24) is 14.9 Å². The molecule has 0 aliphatic carbocycles. The van der Waals surface area contributed by atoms with Gasteiger partial charge in [-0.05, 0) is 44.0 Å². The average molecular weight is 456 g/mol. The SMILES string of the molecule is CCCN1CCC(NC(=O)CCNS(=O)(=O)c2ccc(Cl)c(C(F)(F)F)c2)CC1. The lowest BCUT2D eigenvalue weighted by atomic mass is 10.0. The van der Waals surface area contributed by atoms with Gasteiger partial charge < -0.3 is 10.2 Å². The van der Waals surface area contributed by atoms with Gasteiger partial charge in [0.2, 0.25) is 15.9 Å². The molecular weight excluding hydrogens is 431 g/mol. The molecule has 2 N–H and O–H groups in total. The second-order valence-corrected chi connectivity index (χ2v) is 9.14. The molecule has 0 radical (unpaired) electrons. The summed E-state index contributed by atoms with van der Waals surface area (Å²) in [6.45, 7) is 4.74. The van der Waals surface area contributed by atoms with Crippen LogP contribution in [0.1, 0.15) is 38.2 Å². The highest BCUT2D eigenvalue weighted by Gasteiger charge is 2.34. The lowest BCUT2D eigenvalue weighted by molar-refractivity contribution is -0.137. The Kier molecular flexibility index (Phi) is 8.33. The van der Waals surface area contributed by atoms with Crippen LogP contribution in [0.2, 0.25) is 5.02 Å². The predicted molar refractivity (Wildman–Crippen MR) is 104 cm³/mol. The lowest BCUT2D eigenvalue weighted by Gasteiger charge is -2.32. The van der Waals surface area contributed by atoms with E-state index in [2.05, 4.69) is 21.9 Å². The normalized spacial score (nSPS) is 16.7. The number of rotatable bonds is 8. The first kappa shape index (κ1) is 23.9. The van der Waals surface area contributed by atoms with Crippen LogP contribution in [0.5, 0.6) is 0 Å². The summed E-state index contributed by atoms with van der Waals surface area (Å²) in [7, 11) is -4.20. The number of halogens is 4. The molecule has 1 fully saturated rings. The molecule has 164 valence electrons. The van der Waals surface area contributed by atoms with Crippen molar-refractivity contribution in [2.45, 2.75) is 49.7 Å². The highest BCUT2D eigenvalue weighted by atomic mass is 35.5. The van der Waals surface area contributed by atoms with Crippen LogP contribution in [0.15, 0.2) is 23.1 Å². The van der Waals surface area contributed by atoms with E-state index < -0.39 is 31.7 Å². The van der Waals surface area contributed by atoms with Crippen LogP contribution in [0.25, 0.3) is 0 Å². The van der Waals surface area contributed by atoms with E-state index in [0.29, 0.717) is 6.07 Å². The van der Waals surface area contributed by atoms with E-state index in [1.54, 1.807) is 0 Å². The molecule has 11 heteroatoms. The molecule has 29 heavy (non-hydrogen) atoms. The Bertz CT molecular complexity index is 810. The fraction of sp³-hybridized carbons (Fsp3) is 0.611. The van der Waals surface area contributed by atoms with Crippen molar-refractivity contribution in [1.29, 1.82) is 0 Å². The highest BCUT2D eigenvalue weighted by Crippen LogP contribution is 2.35. The second-order valence-electron chi connectivity index (χ2n) is 6.97. The molecule has 2 rings (SSSR count). The van der Waals surface area contributed by atoms with Crippen molar-refractivity contribution in [3.63, 3.8) is 0 Å². The molecule has 0 spiro atoms.